The van der Waals surface area contributed by atoms with Gasteiger partial charge in [0.25, 0.3) is 0 Å². The van der Waals surface area contributed by atoms with Crippen molar-refractivity contribution in [2.75, 3.05) is 18.9 Å². The fourth-order valence-corrected chi connectivity index (χ4v) is 1.89. The smallest absolute Gasteiger partial charge is 0.327 e. The first-order chi connectivity index (χ1) is 9.37. The summed E-state index contributed by atoms with van der Waals surface area (Å²) in [6, 6.07) is 4.58. The molecule has 0 amide bonds. The van der Waals surface area contributed by atoms with Gasteiger partial charge in [-0.3, -0.25) is 9.59 Å². The molecule has 20 heavy (non-hydrogen) atoms. The molecule has 0 saturated heterocycles. The summed E-state index contributed by atoms with van der Waals surface area (Å²) in [4.78, 5) is 24.4. The Labute approximate surface area is 123 Å². The summed E-state index contributed by atoms with van der Waals surface area (Å²) in [5, 5.41) is 0.266. The molecule has 1 aromatic carbocycles. The van der Waals surface area contributed by atoms with Crippen molar-refractivity contribution >= 4 is 29.2 Å². The summed E-state index contributed by atoms with van der Waals surface area (Å²) in [6.45, 7) is 5.11. The number of carbonyl (C=O) groups excluding carboxylic acids is 2. The number of ether oxygens (including phenoxy) is 2. The zero-order chi connectivity index (χ0) is 15.3. The topological polar surface area (TPSA) is 78.6 Å². The number of halogens is 1. The molecule has 0 atom stereocenters. The van der Waals surface area contributed by atoms with Crippen LogP contribution in [0.2, 0.25) is 5.02 Å². The number of hydrogen-bond acceptors (Lipinski definition) is 5. The van der Waals surface area contributed by atoms with E-state index in [1.807, 2.05) is 0 Å². The lowest BCUT2D eigenvalue weighted by Crippen LogP contribution is -2.43. The zero-order valence-corrected chi connectivity index (χ0v) is 12.5. The number of esters is 2. The number of anilines is 1. The number of rotatable bonds is 5. The lowest BCUT2D eigenvalue weighted by Gasteiger charge is -2.25. The molecular formula is C14H18ClNO4. The minimum absolute atomic E-state index is 0.163. The van der Waals surface area contributed by atoms with E-state index >= 15 is 0 Å². The van der Waals surface area contributed by atoms with Crippen LogP contribution in [0, 0.1) is 0 Å². The van der Waals surface area contributed by atoms with Gasteiger partial charge in [-0.2, -0.15) is 0 Å². The molecule has 0 aliphatic rings. The Bertz CT molecular complexity index is 498. The molecule has 0 aliphatic carbocycles. The fraction of sp³-hybridized carbons (Fsp3) is 0.429. The average Bonchev–Trinajstić information content (AvgIpc) is 2.41. The van der Waals surface area contributed by atoms with Crippen LogP contribution < -0.4 is 5.73 Å². The van der Waals surface area contributed by atoms with Crippen LogP contribution >= 0.6 is 11.6 Å². The number of benzene rings is 1. The highest BCUT2D eigenvalue weighted by Crippen LogP contribution is 2.31. The van der Waals surface area contributed by atoms with Gasteiger partial charge >= 0.3 is 11.9 Å². The van der Waals surface area contributed by atoms with Gasteiger partial charge in [-0.15, -0.1) is 0 Å². The van der Waals surface area contributed by atoms with Crippen molar-refractivity contribution in [1.82, 2.24) is 0 Å². The highest BCUT2D eigenvalue weighted by atomic mass is 35.5. The van der Waals surface area contributed by atoms with Gasteiger partial charge in [-0.05, 0) is 38.5 Å². The summed E-state index contributed by atoms with van der Waals surface area (Å²) in [7, 11) is 0. The average molecular weight is 300 g/mol. The predicted molar refractivity (Wildman–Crippen MR) is 76.5 cm³/mol. The Hall–Kier alpha value is -1.75. The second kappa shape index (κ2) is 6.61. The molecular weight excluding hydrogens is 282 g/mol. The van der Waals surface area contributed by atoms with Gasteiger partial charge < -0.3 is 15.2 Å². The Balaban J connectivity index is 3.32. The number of hydrogen-bond donors (Lipinski definition) is 1. The van der Waals surface area contributed by atoms with Gasteiger partial charge in [0.2, 0.25) is 0 Å². The third-order valence-electron chi connectivity index (χ3n) is 2.95. The minimum Gasteiger partial charge on any atom is -0.465 e. The fourth-order valence-electron chi connectivity index (χ4n) is 1.71. The second-order valence-corrected chi connectivity index (χ2v) is 4.71. The van der Waals surface area contributed by atoms with E-state index in [-0.39, 0.29) is 18.2 Å². The molecule has 0 heterocycles. The summed E-state index contributed by atoms with van der Waals surface area (Å²) < 4.78 is 9.97. The third-order valence-corrected chi connectivity index (χ3v) is 3.27. The van der Waals surface area contributed by atoms with Crippen molar-refractivity contribution in [3.05, 3.63) is 28.8 Å². The minimum atomic E-state index is -1.57. The van der Waals surface area contributed by atoms with Gasteiger partial charge in [0, 0.05) is 0 Å². The number of nitrogen functional groups attached to an aromatic ring is 1. The number of carbonyl (C=O) groups is 2. The van der Waals surface area contributed by atoms with Crippen LogP contribution in [0.3, 0.4) is 0 Å². The van der Waals surface area contributed by atoms with E-state index in [9.17, 15) is 9.59 Å². The maximum Gasteiger partial charge on any atom is 0.327 e. The molecule has 0 unspecified atom stereocenters. The van der Waals surface area contributed by atoms with Crippen molar-refractivity contribution in [3.63, 3.8) is 0 Å². The largest absolute Gasteiger partial charge is 0.465 e. The Kier molecular flexibility index (Phi) is 5.39. The Morgan fingerprint density at radius 3 is 2.10 bits per heavy atom. The molecule has 1 aromatic rings. The van der Waals surface area contributed by atoms with Crippen molar-refractivity contribution < 1.29 is 19.1 Å². The van der Waals surface area contributed by atoms with Crippen LogP contribution in [0.15, 0.2) is 18.2 Å². The van der Waals surface area contributed by atoms with Crippen molar-refractivity contribution in [2.24, 2.45) is 0 Å². The standard InChI is InChI=1S/C14H18ClNO4/c1-4-19-12(17)14(3,13(18)20-5-2)9-6-7-11(16)10(15)8-9/h6-8H,4-5,16H2,1-3H3. The van der Waals surface area contributed by atoms with Crippen LogP contribution in [0.5, 0.6) is 0 Å². The maximum absolute atomic E-state index is 12.2. The van der Waals surface area contributed by atoms with Gasteiger partial charge in [-0.25, -0.2) is 0 Å². The lowest BCUT2D eigenvalue weighted by atomic mass is 9.82. The Morgan fingerprint density at radius 1 is 1.20 bits per heavy atom. The first-order valence-electron chi connectivity index (χ1n) is 6.27. The normalized spacial score (nSPS) is 11.0. The van der Waals surface area contributed by atoms with Crippen LogP contribution in [-0.2, 0) is 24.5 Å². The van der Waals surface area contributed by atoms with Crippen LogP contribution in [0.4, 0.5) is 5.69 Å². The summed E-state index contributed by atoms with van der Waals surface area (Å²) in [6.07, 6.45) is 0. The van der Waals surface area contributed by atoms with Gasteiger partial charge in [0.15, 0.2) is 5.41 Å². The van der Waals surface area contributed by atoms with Gasteiger partial charge in [-0.1, -0.05) is 17.7 Å². The van der Waals surface area contributed by atoms with E-state index in [1.165, 1.54) is 19.1 Å². The molecule has 1 rings (SSSR count). The summed E-state index contributed by atoms with van der Waals surface area (Å²) in [5.74, 6) is -1.36. The molecule has 0 spiro atoms. The molecule has 110 valence electrons. The van der Waals surface area contributed by atoms with Crippen LogP contribution in [0.25, 0.3) is 0 Å². The molecule has 5 nitrogen and oxygen atoms in total. The lowest BCUT2D eigenvalue weighted by molar-refractivity contribution is -0.163. The van der Waals surface area contributed by atoms with E-state index in [2.05, 4.69) is 0 Å². The predicted octanol–water partition coefficient (Wildman–Crippen LogP) is 2.31. The maximum atomic E-state index is 12.2. The quantitative estimate of drug-likeness (QED) is 0.513. The first-order valence-corrected chi connectivity index (χ1v) is 6.65. The molecule has 0 saturated carbocycles. The first kappa shape index (κ1) is 16.3. The van der Waals surface area contributed by atoms with E-state index < -0.39 is 17.4 Å². The zero-order valence-electron chi connectivity index (χ0n) is 11.7. The highest BCUT2D eigenvalue weighted by Gasteiger charge is 2.46. The summed E-state index contributed by atoms with van der Waals surface area (Å²) >= 11 is 5.95. The number of nitrogens with two attached hydrogens (primary N) is 1. The molecule has 6 heteroatoms. The highest BCUT2D eigenvalue weighted by molar-refractivity contribution is 6.33. The molecule has 0 aromatic heterocycles. The van der Waals surface area contributed by atoms with E-state index in [0.29, 0.717) is 11.3 Å². The van der Waals surface area contributed by atoms with Crippen molar-refractivity contribution in [1.29, 1.82) is 0 Å². The molecule has 0 bridgehead atoms. The SMILES string of the molecule is CCOC(=O)C(C)(C(=O)OCC)c1ccc(N)c(Cl)c1. The molecule has 0 aliphatic heterocycles. The van der Waals surface area contributed by atoms with Crippen molar-refractivity contribution in [2.45, 2.75) is 26.2 Å². The molecule has 0 fully saturated rings. The van der Waals surface area contributed by atoms with Crippen molar-refractivity contribution in [3.8, 4) is 0 Å². The Morgan fingerprint density at radius 2 is 1.70 bits per heavy atom. The molecule has 0 radical (unpaired) electrons. The van der Waals surface area contributed by atoms with Gasteiger partial charge in [0.1, 0.15) is 0 Å². The monoisotopic (exact) mass is 299 g/mol. The van der Waals surface area contributed by atoms with E-state index in [4.69, 9.17) is 26.8 Å². The summed E-state index contributed by atoms with van der Waals surface area (Å²) in [5.41, 5.74) is 4.82. The second-order valence-electron chi connectivity index (χ2n) is 4.30. The van der Waals surface area contributed by atoms with Crippen LogP contribution in [0.1, 0.15) is 26.3 Å². The van der Waals surface area contributed by atoms with Gasteiger partial charge in [0.05, 0.1) is 23.9 Å². The van der Waals surface area contributed by atoms with Crippen LogP contribution in [-0.4, -0.2) is 25.2 Å². The van der Waals surface area contributed by atoms with E-state index in [1.54, 1.807) is 19.9 Å². The molecule has 2 N–H and O–H groups in total. The third kappa shape index (κ3) is 3.04. The van der Waals surface area contributed by atoms with E-state index in [0.717, 1.165) is 0 Å².